The monoisotopic (exact) mass is 581 g/mol. The van der Waals surface area contributed by atoms with Crippen molar-refractivity contribution >= 4 is 63.5 Å². The number of amides is 2. The van der Waals surface area contributed by atoms with E-state index in [1.807, 2.05) is 0 Å². The smallest absolute Gasteiger partial charge is 0.352 e. The van der Waals surface area contributed by atoms with Gasteiger partial charge in [-0.15, -0.1) is 28.2 Å². The Morgan fingerprint density at radius 3 is 2.84 bits per heavy atom. The van der Waals surface area contributed by atoms with E-state index in [-0.39, 0.29) is 22.2 Å². The molecule has 2 amide bonds. The van der Waals surface area contributed by atoms with Gasteiger partial charge in [0.2, 0.25) is 5.16 Å². The highest BCUT2D eigenvalue weighted by molar-refractivity contribution is 8.01. The number of nitrogens with one attached hydrogen (secondary N) is 1. The van der Waals surface area contributed by atoms with Crippen LogP contribution in [0.15, 0.2) is 27.0 Å². The fraction of sp³-hybridized carbons (Fsp3) is 0.524. The van der Waals surface area contributed by atoms with Crippen LogP contribution in [0.25, 0.3) is 0 Å². The summed E-state index contributed by atoms with van der Waals surface area (Å²) >= 11 is 3.80. The summed E-state index contributed by atoms with van der Waals surface area (Å²) in [5.74, 6) is -1.72. The number of thioether (sulfide) groups is 2. The van der Waals surface area contributed by atoms with Gasteiger partial charge in [0.05, 0.1) is 0 Å². The summed E-state index contributed by atoms with van der Waals surface area (Å²) < 4.78 is 1.48. The second-order valence-electron chi connectivity index (χ2n) is 8.40. The van der Waals surface area contributed by atoms with Crippen molar-refractivity contribution < 1.29 is 24.3 Å². The SMILES string of the molecule is CCCCCCON=C(C(=O)NC1C(=O)N2C(C(=O)O)=C(CSc3nnnn3C)CS[C@@H]12)c1csc(N)n1. The summed E-state index contributed by atoms with van der Waals surface area (Å²) in [4.78, 5) is 49.0. The van der Waals surface area contributed by atoms with Gasteiger partial charge in [-0.25, -0.2) is 14.5 Å². The Kier molecular flexibility index (Phi) is 9.22. The number of carboxylic acids is 1. The second-order valence-corrected chi connectivity index (χ2v) is 11.3. The number of fused-ring (bicyclic) bond motifs is 1. The first-order valence-corrected chi connectivity index (χ1v) is 14.7. The Morgan fingerprint density at radius 2 is 2.18 bits per heavy atom. The molecule has 2 atom stereocenters. The molecule has 2 aliphatic rings. The Bertz CT molecular complexity index is 1260. The van der Waals surface area contributed by atoms with Crippen molar-refractivity contribution in [3.8, 4) is 0 Å². The molecule has 14 nitrogen and oxygen atoms in total. The van der Waals surface area contributed by atoms with Crippen LogP contribution in [-0.2, 0) is 26.3 Å². The second kappa shape index (κ2) is 12.6. The Morgan fingerprint density at radius 1 is 1.37 bits per heavy atom. The third kappa shape index (κ3) is 6.10. The number of hydrogen-bond acceptors (Lipinski definition) is 13. The molecule has 2 aromatic rings. The van der Waals surface area contributed by atoms with Crippen molar-refractivity contribution in [2.45, 2.75) is 49.2 Å². The average molecular weight is 582 g/mol. The minimum atomic E-state index is -1.21. The van der Waals surface area contributed by atoms with Crippen LogP contribution in [0.5, 0.6) is 0 Å². The Labute approximate surface area is 230 Å². The summed E-state index contributed by atoms with van der Waals surface area (Å²) in [5.41, 5.74) is 6.37. The number of nitrogen functional groups attached to an aromatic ring is 1. The van der Waals surface area contributed by atoms with Crippen molar-refractivity contribution in [2.75, 3.05) is 23.8 Å². The van der Waals surface area contributed by atoms with Gasteiger partial charge in [-0.05, 0) is 28.8 Å². The van der Waals surface area contributed by atoms with Gasteiger partial charge >= 0.3 is 5.97 Å². The minimum Gasteiger partial charge on any atom is -0.477 e. The number of hydrogen-bond donors (Lipinski definition) is 3. The lowest BCUT2D eigenvalue weighted by molar-refractivity contribution is -0.150. The van der Waals surface area contributed by atoms with Crippen LogP contribution in [0.2, 0.25) is 0 Å². The fourth-order valence-corrected chi connectivity index (χ4v) is 6.69. The highest BCUT2D eigenvalue weighted by Crippen LogP contribution is 2.41. The van der Waals surface area contributed by atoms with Gasteiger partial charge in [-0.1, -0.05) is 36.7 Å². The van der Waals surface area contributed by atoms with E-state index in [1.165, 1.54) is 33.1 Å². The number of unbranched alkanes of at least 4 members (excludes halogenated alkanes) is 3. The topological polar surface area (TPSA) is 191 Å². The van der Waals surface area contributed by atoms with E-state index in [0.29, 0.717) is 28.8 Å². The molecule has 4 heterocycles. The average Bonchev–Trinajstić information content (AvgIpc) is 3.52. The number of carbonyl (C=O) groups is 3. The van der Waals surface area contributed by atoms with Crippen molar-refractivity contribution in [2.24, 2.45) is 12.2 Å². The number of nitrogens with zero attached hydrogens (tertiary/aromatic N) is 7. The molecular weight excluding hydrogens is 554 g/mol. The molecular formula is C21H27N9O5S3. The molecule has 0 aromatic carbocycles. The van der Waals surface area contributed by atoms with Crippen LogP contribution in [0, 0.1) is 0 Å². The van der Waals surface area contributed by atoms with Gasteiger partial charge in [0.25, 0.3) is 11.8 Å². The third-order valence-corrected chi connectivity index (χ3v) is 8.83. The van der Waals surface area contributed by atoms with Crippen LogP contribution in [-0.4, -0.2) is 88.2 Å². The number of thiazole rings is 1. The summed E-state index contributed by atoms with van der Waals surface area (Å²) in [6.45, 7) is 2.44. The van der Waals surface area contributed by atoms with Crippen LogP contribution < -0.4 is 11.1 Å². The number of aromatic nitrogens is 5. The molecule has 2 aromatic heterocycles. The number of β-lactam (4-membered cyclic amide) rings is 1. The van der Waals surface area contributed by atoms with E-state index in [1.54, 1.807) is 12.4 Å². The highest BCUT2D eigenvalue weighted by atomic mass is 32.2. The summed E-state index contributed by atoms with van der Waals surface area (Å²) in [7, 11) is 1.68. The number of anilines is 1. The molecule has 1 unspecified atom stereocenters. The molecule has 0 saturated carbocycles. The maximum Gasteiger partial charge on any atom is 0.352 e. The molecule has 17 heteroatoms. The van der Waals surface area contributed by atoms with Gasteiger partial charge < -0.3 is 21.0 Å². The molecule has 4 N–H and O–H groups in total. The third-order valence-electron chi connectivity index (χ3n) is 5.72. The van der Waals surface area contributed by atoms with E-state index in [4.69, 9.17) is 10.6 Å². The largest absolute Gasteiger partial charge is 0.477 e. The van der Waals surface area contributed by atoms with Gasteiger partial charge in [0, 0.05) is 23.9 Å². The molecule has 204 valence electrons. The van der Waals surface area contributed by atoms with E-state index in [9.17, 15) is 19.5 Å². The highest BCUT2D eigenvalue weighted by Gasteiger charge is 2.54. The molecule has 0 aliphatic carbocycles. The zero-order chi connectivity index (χ0) is 27.2. The first-order valence-electron chi connectivity index (χ1n) is 11.8. The number of tetrazole rings is 1. The first kappa shape index (κ1) is 27.8. The minimum absolute atomic E-state index is 0.0801. The maximum absolute atomic E-state index is 13.2. The Hall–Kier alpha value is -3.18. The van der Waals surface area contributed by atoms with Crippen molar-refractivity contribution in [3.05, 3.63) is 22.3 Å². The predicted octanol–water partition coefficient (Wildman–Crippen LogP) is 1.08. The number of carboxylic acid groups (broad SMARTS) is 1. The normalized spacial score (nSPS) is 19.3. The van der Waals surface area contributed by atoms with Gasteiger partial charge in [-0.3, -0.25) is 14.5 Å². The van der Waals surface area contributed by atoms with E-state index < -0.39 is 29.2 Å². The van der Waals surface area contributed by atoms with Crippen LogP contribution in [0.4, 0.5) is 5.13 Å². The molecule has 0 spiro atoms. The zero-order valence-electron chi connectivity index (χ0n) is 20.7. The lowest BCUT2D eigenvalue weighted by Gasteiger charge is -2.49. The molecule has 1 fully saturated rings. The molecule has 1 saturated heterocycles. The first-order chi connectivity index (χ1) is 18.3. The summed E-state index contributed by atoms with van der Waals surface area (Å²) in [5, 5.41) is 29.6. The standard InChI is InChI=1S/C21H27N9O5S3/c1-3-4-5-6-7-35-26-13(12-10-37-20(22)23-12)16(31)24-14-17(32)30-15(19(33)34)11(8-36-18(14)30)9-38-21-25-27-28-29(21)2/h10,14,18H,3-9H2,1-2H3,(H2,22,23)(H,24,31)(H,33,34)/t14?,18-/m0/s1. The van der Waals surface area contributed by atoms with Crippen LogP contribution in [0.3, 0.4) is 0 Å². The molecule has 4 rings (SSSR count). The van der Waals surface area contributed by atoms with Gasteiger partial charge in [-0.2, -0.15) is 0 Å². The van der Waals surface area contributed by atoms with Crippen LogP contribution in [0.1, 0.15) is 38.3 Å². The Balaban J connectivity index is 1.44. The fourth-order valence-electron chi connectivity index (χ4n) is 3.80. The van der Waals surface area contributed by atoms with E-state index >= 15 is 0 Å². The van der Waals surface area contributed by atoms with Gasteiger partial charge in [0.15, 0.2) is 10.8 Å². The number of aryl methyl sites for hydroxylation is 1. The molecule has 2 aliphatic heterocycles. The van der Waals surface area contributed by atoms with Crippen molar-refractivity contribution in [3.63, 3.8) is 0 Å². The lowest BCUT2D eigenvalue weighted by Crippen LogP contribution is -2.71. The maximum atomic E-state index is 13.2. The number of oxime groups is 1. The van der Waals surface area contributed by atoms with Crippen molar-refractivity contribution in [1.82, 2.24) is 35.4 Å². The number of rotatable bonds is 13. The molecule has 0 radical (unpaired) electrons. The summed E-state index contributed by atoms with van der Waals surface area (Å²) in [6, 6.07) is -0.926. The summed E-state index contributed by atoms with van der Waals surface area (Å²) in [6.07, 6.45) is 3.93. The molecule has 0 bridgehead atoms. The van der Waals surface area contributed by atoms with Gasteiger partial charge in [0.1, 0.15) is 29.4 Å². The number of carbonyl (C=O) groups excluding carboxylic acids is 2. The van der Waals surface area contributed by atoms with E-state index in [2.05, 4.69) is 37.9 Å². The van der Waals surface area contributed by atoms with Crippen molar-refractivity contribution in [1.29, 1.82) is 0 Å². The number of aliphatic carboxylic acids is 1. The van der Waals surface area contributed by atoms with E-state index in [0.717, 1.165) is 37.0 Å². The zero-order valence-corrected chi connectivity index (χ0v) is 23.1. The lowest BCUT2D eigenvalue weighted by atomic mass is 10.0. The quantitative estimate of drug-likeness (QED) is 0.100. The predicted molar refractivity (Wildman–Crippen MR) is 142 cm³/mol. The number of nitrogens with two attached hydrogens (primary N) is 1. The molecule has 38 heavy (non-hydrogen) atoms. The van der Waals surface area contributed by atoms with Crippen LogP contribution >= 0.6 is 34.9 Å².